The van der Waals surface area contributed by atoms with Gasteiger partial charge < -0.3 is 10.1 Å². The molecule has 1 saturated carbocycles. The Hall–Kier alpha value is -4.01. The highest BCUT2D eigenvalue weighted by atomic mass is 16.6. The standard InChI is InChI=1S/C25H23N3O6/c1-34-17-9-10-18(19(13-17)28(32)33)26-23(29)20(11-14-5-3-2-4-6-14)27-24(30)21-15-7-8-16(12-15)22(21)25(27)31/h2-10,13,15-16,20-22H,11-12H2,1H3,(H,26,29)/t15-,16-,20+,21-,22+/m0/s1. The lowest BCUT2D eigenvalue weighted by molar-refractivity contribution is -0.384. The lowest BCUT2D eigenvalue weighted by atomic mass is 9.85. The molecule has 9 heteroatoms. The summed E-state index contributed by atoms with van der Waals surface area (Å²) in [6.45, 7) is 0. The van der Waals surface area contributed by atoms with Crippen molar-refractivity contribution >= 4 is 29.1 Å². The number of ether oxygens (including phenoxy) is 1. The lowest BCUT2D eigenvalue weighted by Crippen LogP contribution is -2.49. The highest BCUT2D eigenvalue weighted by molar-refractivity contribution is 6.11. The number of anilines is 1. The minimum Gasteiger partial charge on any atom is -0.496 e. The smallest absolute Gasteiger partial charge is 0.296 e. The third-order valence-electron chi connectivity index (χ3n) is 7.05. The SMILES string of the molecule is COc1ccc(NC(=O)[C@@H](Cc2ccccc2)N2C(=O)[C@@H]3[C@H](C2=O)[C@H]2C=C[C@H]3C2)c([N+](=O)[O-])c1. The molecule has 5 atom stereocenters. The largest absolute Gasteiger partial charge is 0.496 e. The third kappa shape index (κ3) is 3.53. The van der Waals surface area contributed by atoms with E-state index in [1.807, 2.05) is 42.5 Å². The minimum atomic E-state index is -1.13. The molecule has 1 saturated heterocycles. The molecule has 1 aliphatic heterocycles. The van der Waals surface area contributed by atoms with Gasteiger partial charge in [-0.1, -0.05) is 42.5 Å². The Morgan fingerprint density at radius 1 is 1.12 bits per heavy atom. The van der Waals surface area contributed by atoms with Gasteiger partial charge in [-0.15, -0.1) is 0 Å². The van der Waals surface area contributed by atoms with Crippen LogP contribution in [0.15, 0.2) is 60.7 Å². The van der Waals surface area contributed by atoms with E-state index in [0.29, 0.717) is 0 Å². The van der Waals surface area contributed by atoms with Gasteiger partial charge in [-0.3, -0.25) is 29.4 Å². The summed E-state index contributed by atoms with van der Waals surface area (Å²) < 4.78 is 5.05. The van der Waals surface area contributed by atoms with E-state index in [4.69, 9.17) is 4.74 Å². The number of nitrogens with zero attached hydrogens (tertiary/aromatic N) is 2. The number of carbonyl (C=O) groups is 3. The molecule has 3 aliphatic rings. The molecule has 2 bridgehead atoms. The van der Waals surface area contributed by atoms with Crippen molar-refractivity contribution in [2.45, 2.75) is 18.9 Å². The molecule has 34 heavy (non-hydrogen) atoms. The van der Waals surface area contributed by atoms with Crippen molar-refractivity contribution in [3.05, 3.63) is 76.4 Å². The summed E-state index contributed by atoms with van der Waals surface area (Å²) in [5.74, 6) is -1.92. The van der Waals surface area contributed by atoms with E-state index in [-0.39, 0.29) is 47.2 Å². The Kier molecular flexibility index (Phi) is 5.39. The second kappa shape index (κ2) is 8.40. The Morgan fingerprint density at radius 3 is 2.35 bits per heavy atom. The van der Waals surface area contributed by atoms with Crippen LogP contribution >= 0.6 is 0 Å². The van der Waals surface area contributed by atoms with Gasteiger partial charge in [0.05, 0.1) is 29.9 Å². The summed E-state index contributed by atoms with van der Waals surface area (Å²) in [5, 5.41) is 14.2. The Balaban J connectivity index is 1.48. The maximum atomic E-state index is 13.5. The average Bonchev–Trinajstić information content (AvgIpc) is 3.52. The summed E-state index contributed by atoms with van der Waals surface area (Å²) in [7, 11) is 1.39. The van der Waals surface area contributed by atoms with Crippen molar-refractivity contribution in [3.8, 4) is 5.75 Å². The highest BCUT2D eigenvalue weighted by Gasteiger charge is 2.61. The van der Waals surface area contributed by atoms with Crippen molar-refractivity contribution in [2.24, 2.45) is 23.7 Å². The molecule has 1 heterocycles. The van der Waals surface area contributed by atoms with Gasteiger partial charge >= 0.3 is 0 Å². The number of nitro benzene ring substituents is 1. The number of fused-ring (bicyclic) bond motifs is 5. The number of imide groups is 1. The first-order valence-electron chi connectivity index (χ1n) is 11.1. The molecule has 5 rings (SSSR count). The van der Waals surface area contributed by atoms with Gasteiger partial charge in [-0.05, 0) is 36.0 Å². The normalized spacial score (nSPS) is 25.4. The molecular weight excluding hydrogens is 438 g/mol. The van der Waals surface area contributed by atoms with Gasteiger partial charge in [0.2, 0.25) is 17.7 Å². The molecule has 0 spiro atoms. The number of likely N-dealkylation sites (tertiary alicyclic amines) is 1. The summed E-state index contributed by atoms with van der Waals surface area (Å²) in [4.78, 5) is 52.4. The lowest BCUT2D eigenvalue weighted by Gasteiger charge is -2.27. The van der Waals surface area contributed by atoms with E-state index < -0.39 is 28.7 Å². The second-order valence-corrected chi connectivity index (χ2v) is 8.88. The van der Waals surface area contributed by atoms with E-state index in [1.165, 1.54) is 25.3 Å². The molecule has 3 amide bonds. The number of carbonyl (C=O) groups excluding carboxylic acids is 3. The van der Waals surface area contributed by atoms with Crippen molar-refractivity contribution < 1.29 is 24.0 Å². The fraction of sp³-hybridized carbons (Fsp3) is 0.320. The fourth-order valence-corrected chi connectivity index (χ4v) is 5.48. The number of hydrogen-bond donors (Lipinski definition) is 1. The molecule has 2 aliphatic carbocycles. The van der Waals surface area contributed by atoms with E-state index in [9.17, 15) is 24.5 Å². The van der Waals surface area contributed by atoms with E-state index in [1.54, 1.807) is 0 Å². The maximum Gasteiger partial charge on any atom is 0.296 e. The van der Waals surface area contributed by atoms with Gasteiger partial charge in [0.25, 0.3) is 5.69 Å². The van der Waals surface area contributed by atoms with Gasteiger partial charge in [0.15, 0.2) is 0 Å². The van der Waals surface area contributed by atoms with Crippen LogP contribution in [-0.4, -0.2) is 40.7 Å². The van der Waals surface area contributed by atoms with Gasteiger partial charge in [0, 0.05) is 6.42 Å². The second-order valence-electron chi connectivity index (χ2n) is 8.88. The number of amides is 3. The Labute approximate surface area is 195 Å². The molecule has 0 radical (unpaired) electrons. The van der Waals surface area contributed by atoms with Crippen LogP contribution in [0.2, 0.25) is 0 Å². The van der Waals surface area contributed by atoms with Crippen molar-refractivity contribution in [2.75, 3.05) is 12.4 Å². The van der Waals surface area contributed by atoms with Crippen LogP contribution < -0.4 is 10.1 Å². The highest BCUT2D eigenvalue weighted by Crippen LogP contribution is 2.53. The first-order chi connectivity index (χ1) is 16.4. The van der Waals surface area contributed by atoms with Gasteiger partial charge in [-0.2, -0.15) is 0 Å². The summed E-state index contributed by atoms with van der Waals surface area (Å²) in [5.41, 5.74) is 0.393. The van der Waals surface area contributed by atoms with E-state index in [2.05, 4.69) is 5.32 Å². The quantitative estimate of drug-likeness (QED) is 0.293. The fourth-order valence-electron chi connectivity index (χ4n) is 5.48. The van der Waals surface area contributed by atoms with Crippen LogP contribution in [0.5, 0.6) is 5.75 Å². The molecule has 9 nitrogen and oxygen atoms in total. The Morgan fingerprint density at radius 2 is 1.76 bits per heavy atom. The number of allylic oxidation sites excluding steroid dienone is 2. The summed E-state index contributed by atoms with van der Waals surface area (Å²) in [6.07, 6.45) is 4.88. The van der Waals surface area contributed by atoms with E-state index in [0.717, 1.165) is 16.9 Å². The zero-order valence-electron chi connectivity index (χ0n) is 18.4. The molecule has 2 fully saturated rings. The van der Waals surface area contributed by atoms with Crippen LogP contribution in [0.4, 0.5) is 11.4 Å². The van der Waals surface area contributed by atoms with Crippen molar-refractivity contribution in [1.82, 2.24) is 4.90 Å². The van der Waals surface area contributed by atoms with Gasteiger partial charge in [-0.25, -0.2) is 0 Å². The monoisotopic (exact) mass is 461 g/mol. The first kappa shape index (κ1) is 21.8. The molecule has 2 aromatic rings. The summed E-state index contributed by atoms with van der Waals surface area (Å²) in [6, 6.07) is 12.0. The number of benzene rings is 2. The van der Waals surface area contributed by atoms with Gasteiger partial charge in [0.1, 0.15) is 17.5 Å². The zero-order valence-corrected chi connectivity index (χ0v) is 18.4. The molecule has 174 valence electrons. The van der Waals surface area contributed by atoms with Crippen LogP contribution in [0, 0.1) is 33.8 Å². The van der Waals surface area contributed by atoms with Crippen molar-refractivity contribution in [1.29, 1.82) is 0 Å². The van der Waals surface area contributed by atoms with Crippen LogP contribution in [-0.2, 0) is 20.8 Å². The number of methoxy groups -OCH3 is 1. The zero-order chi connectivity index (χ0) is 24.0. The molecule has 2 aromatic carbocycles. The van der Waals surface area contributed by atoms with Crippen LogP contribution in [0.1, 0.15) is 12.0 Å². The van der Waals surface area contributed by atoms with E-state index >= 15 is 0 Å². The topological polar surface area (TPSA) is 119 Å². The maximum absolute atomic E-state index is 13.5. The Bertz CT molecular complexity index is 1180. The predicted octanol–water partition coefficient (Wildman–Crippen LogP) is 2.96. The van der Waals surface area contributed by atoms with Crippen molar-refractivity contribution in [3.63, 3.8) is 0 Å². The molecular formula is C25H23N3O6. The third-order valence-corrected chi connectivity index (χ3v) is 7.05. The number of nitrogens with one attached hydrogen (secondary N) is 1. The first-order valence-corrected chi connectivity index (χ1v) is 11.1. The predicted molar refractivity (Wildman–Crippen MR) is 122 cm³/mol. The number of hydrogen-bond acceptors (Lipinski definition) is 6. The van der Waals surface area contributed by atoms with Crippen LogP contribution in [0.25, 0.3) is 0 Å². The molecule has 0 aromatic heterocycles. The minimum absolute atomic E-state index is 0.0135. The number of rotatable bonds is 7. The summed E-state index contributed by atoms with van der Waals surface area (Å²) >= 11 is 0. The number of nitro groups is 1. The molecule has 1 N–H and O–H groups in total. The van der Waals surface area contributed by atoms with Crippen LogP contribution in [0.3, 0.4) is 0 Å². The molecule has 0 unspecified atom stereocenters. The average molecular weight is 461 g/mol.